The minimum atomic E-state index is -0.557. The van der Waals surface area contributed by atoms with Crippen molar-refractivity contribution in [2.75, 3.05) is 46.6 Å². The Bertz CT molecular complexity index is 190. The van der Waals surface area contributed by atoms with Crippen molar-refractivity contribution in [2.24, 2.45) is 17.2 Å². The van der Waals surface area contributed by atoms with E-state index in [0.29, 0.717) is 32.8 Å². The number of hydrogen-bond acceptors (Lipinski definition) is 7. The highest BCUT2D eigenvalue weighted by atomic mass is 16.7. The van der Waals surface area contributed by atoms with Gasteiger partial charge < -0.3 is 36.5 Å². The van der Waals surface area contributed by atoms with Crippen LogP contribution in [0.15, 0.2) is 12.3 Å². The van der Waals surface area contributed by atoms with Crippen LogP contribution in [-0.2, 0) is 14.2 Å². The summed E-state index contributed by atoms with van der Waals surface area (Å²) in [6.45, 7) is 11.5. The summed E-state index contributed by atoms with van der Waals surface area (Å²) in [5, 5.41) is 7.75. The average Bonchev–Trinajstić information content (AvgIpc) is 2.44. The molecule has 0 heterocycles. The van der Waals surface area contributed by atoms with E-state index in [0.717, 1.165) is 5.76 Å². The van der Waals surface area contributed by atoms with E-state index in [2.05, 4.69) is 11.3 Å². The number of aliphatic hydroxyl groups excluding tert-OH is 1. The van der Waals surface area contributed by atoms with Crippen molar-refractivity contribution in [3.05, 3.63) is 12.3 Å². The Morgan fingerprint density at radius 1 is 1.05 bits per heavy atom. The molecular weight excluding hydrogens is 262 g/mol. The Hall–Kier alpha value is -0.700. The fourth-order valence-electron chi connectivity index (χ4n) is 0.651. The molecule has 0 unspecified atom stereocenters. The van der Waals surface area contributed by atoms with Crippen LogP contribution in [0.1, 0.15) is 20.8 Å². The molecule has 0 aromatic carbocycles. The van der Waals surface area contributed by atoms with Crippen LogP contribution in [0.2, 0.25) is 0 Å². The van der Waals surface area contributed by atoms with E-state index in [1.54, 1.807) is 14.0 Å². The second-order valence-corrected chi connectivity index (χ2v) is 4.09. The first-order valence-electron chi connectivity index (χ1n) is 6.49. The largest absolute Gasteiger partial charge is 0.502 e. The molecule has 7 heteroatoms. The molecule has 0 aliphatic heterocycles. The third-order valence-corrected chi connectivity index (χ3v) is 1.61. The zero-order valence-corrected chi connectivity index (χ0v) is 13.4. The molecule has 0 atom stereocenters. The smallest absolute Gasteiger partial charge is 0.162 e. The molecular formula is C13H33N3O4. The number of nitrogens with two attached hydrogens (primary N) is 3. The van der Waals surface area contributed by atoms with Gasteiger partial charge in [-0.3, -0.25) is 0 Å². The van der Waals surface area contributed by atoms with Crippen molar-refractivity contribution in [3.8, 4) is 0 Å². The molecule has 0 radical (unpaired) electrons. The summed E-state index contributed by atoms with van der Waals surface area (Å²) in [6.07, 6.45) is 0. The summed E-state index contributed by atoms with van der Waals surface area (Å²) in [6, 6.07) is 0. The van der Waals surface area contributed by atoms with Gasteiger partial charge in [0, 0.05) is 19.6 Å². The molecule has 0 aliphatic carbocycles. The third-order valence-electron chi connectivity index (χ3n) is 1.61. The fourth-order valence-corrected chi connectivity index (χ4v) is 0.651. The number of allylic oxidation sites excluding steroid dienone is 1. The molecule has 20 heavy (non-hydrogen) atoms. The third kappa shape index (κ3) is 30.4. The van der Waals surface area contributed by atoms with Gasteiger partial charge >= 0.3 is 0 Å². The van der Waals surface area contributed by atoms with Crippen molar-refractivity contribution in [3.63, 3.8) is 0 Å². The highest BCUT2D eigenvalue weighted by Gasteiger charge is 2.17. The number of rotatable bonds is 8. The standard InChI is InChI=1S/C7H18N2O2.C4H8O.C2H7NO/c1-7(2,10-5-3-8)11-6-4-9;1-4(2)5-3;3-1-2-4/h3-6,8-9H2,1-2H3;1H2,2-3H3;4H,1-3H2. The SMILES string of the molecule is C=C(C)OC.CC(C)(OCCN)OCCN.NCCO. The van der Waals surface area contributed by atoms with Crippen LogP contribution in [0.3, 0.4) is 0 Å². The van der Waals surface area contributed by atoms with Crippen LogP contribution in [0, 0.1) is 0 Å². The predicted octanol–water partition coefficient (Wildman–Crippen LogP) is -0.223. The number of methoxy groups -OCH3 is 1. The maximum absolute atomic E-state index is 7.75. The normalized spacial score (nSPS) is 9.80. The van der Waals surface area contributed by atoms with Crippen LogP contribution < -0.4 is 17.2 Å². The molecule has 0 aromatic heterocycles. The quantitative estimate of drug-likeness (QED) is 0.360. The highest BCUT2D eigenvalue weighted by Crippen LogP contribution is 2.09. The summed E-state index contributed by atoms with van der Waals surface area (Å²) < 4.78 is 15.1. The van der Waals surface area contributed by atoms with Crippen molar-refractivity contribution < 1.29 is 19.3 Å². The van der Waals surface area contributed by atoms with E-state index in [9.17, 15) is 0 Å². The van der Waals surface area contributed by atoms with Gasteiger partial charge in [-0.1, -0.05) is 6.58 Å². The Morgan fingerprint density at radius 3 is 1.50 bits per heavy atom. The van der Waals surface area contributed by atoms with Crippen LogP contribution in [0.5, 0.6) is 0 Å². The lowest BCUT2D eigenvalue weighted by Gasteiger charge is -2.25. The first-order chi connectivity index (χ1) is 9.31. The van der Waals surface area contributed by atoms with Gasteiger partial charge in [-0.2, -0.15) is 0 Å². The summed E-state index contributed by atoms with van der Waals surface area (Å²) in [4.78, 5) is 0. The van der Waals surface area contributed by atoms with Crippen LogP contribution in [0.4, 0.5) is 0 Å². The monoisotopic (exact) mass is 295 g/mol. The highest BCUT2D eigenvalue weighted by molar-refractivity contribution is 4.71. The Labute approximate surface area is 123 Å². The lowest BCUT2D eigenvalue weighted by atomic mass is 10.4. The molecule has 0 bridgehead atoms. The summed E-state index contributed by atoms with van der Waals surface area (Å²) >= 11 is 0. The topological polar surface area (TPSA) is 126 Å². The lowest BCUT2D eigenvalue weighted by Crippen LogP contribution is -2.32. The molecule has 7 nitrogen and oxygen atoms in total. The van der Waals surface area contributed by atoms with E-state index < -0.39 is 5.79 Å². The molecule has 0 fully saturated rings. The van der Waals surface area contributed by atoms with Gasteiger partial charge in [-0.15, -0.1) is 0 Å². The van der Waals surface area contributed by atoms with Crippen molar-refractivity contribution in [1.29, 1.82) is 0 Å². The molecule has 0 saturated carbocycles. The second-order valence-electron chi connectivity index (χ2n) is 4.09. The lowest BCUT2D eigenvalue weighted by molar-refractivity contribution is -0.209. The van der Waals surface area contributed by atoms with E-state index in [-0.39, 0.29) is 6.61 Å². The van der Waals surface area contributed by atoms with E-state index >= 15 is 0 Å². The maximum Gasteiger partial charge on any atom is 0.162 e. The van der Waals surface area contributed by atoms with Gasteiger partial charge in [0.25, 0.3) is 0 Å². The van der Waals surface area contributed by atoms with E-state index in [1.807, 2.05) is 13.8 Å². The van der Waals surface area contributed by atoms with Crippen LogP contribution in [-0.4, -0.2) is 57.5 Å². The maximum atomic E-state index is 7.75. The second kappa shape index (κ2) is 18.3. The summed E-state index contributed by atoms with van der Waals surface area (Å²) in [5.74, 6) is 0.198. The first kappa shape index (κ1) is 24.3. The molecule has 0 aliphatic rings. The Balaban J connectivity index is -0.000000266. The molecule has 0 aromatic rings. The molecule has 0 rings (SSSR count). The van der Waals surface area contributed by atoms with Gasteiger partial charge in [0.2, 0.25) is 0 Å². The minimum absolute atomic E-state index is 0.0972. The average molecular weight is 295 g/mol. The molecule has 0 saturated heterocycles. The van der Waals surface area contributed by atoms with Gasteiger partial charge in [0.15, 0.2) is 5.79 Å². The van der Waals surface area contributed by atoms with Gasteiger partial charge in [0.1, 0.15) is 0 Å². The molecule has 0 amide bonds. The number of ether oxygens (including phenoxy) is 3. The minimum Gasteiger partial charge on any atom is -0.502 e. The molecule has 124 valence electrons. The Kier molecular flexibility index (Phi) is 22.3. The van der Waals surface area contributed by atoms with Crippen molar-refractivity contribution in [1.82, 2.24) is 0 Å². The number of aliphatic hydroxyl groups is 1. The van der Waals surface area contributed by atoms with Crippen LogP contribution >= 0.6 is 0 Å². The fraction of sp³-hybridized carbons (Fsp3) is 0.846. The Morgan fingerprint density at radius 2 is 1.35 bits per heavy atom. The van der Waals surface area contributed by atoms with Gasteiger partial charge in [-0.25, -0.2) is 0 Å². The van der Waals surface area contributed by atoms with Gasteiger partial charge in [-0.05, 0) is 20.8 Å². The summed E-state index contributed by atoms with van der Waals surface area (Å²) in [7, 11) is 1.60. The summed E-state index contributed by atoms with van der Waals surface area (Å²) in [5.41, 5.74) is 15.3. The van der Waals surface area contributed by atoms with E-state index in [4.69, 9.17) is 31.8 Å². The van der Waals surface area contributed by atoms with Gasteiger partial charge in [0.05, 0.1) is 32.7 Å². The van der Waals surface area contributed by atoms with Crippen molar-refractivity contribution in [2.45, 2.75) is 26.6 Å². The zero-order valence-electron chi connectivity index (χ0n) is 13.4. The number of hydrogen-bond donors (Lipinski definition) is 4. The zero-order chi connectivity index (χ0) is 16.4. The van der Waals surface area contributed by atoms with E-state index in [1.165, 1.54) is 0 Å². The molecule has 7 N–H and O–H groups in total. The molecule has 0 spiro atoms. The first-order valence-corrected chi connectivity index (χ1v) is 6.49. The van der Waals surface area contributed by atoms with Crippen molar-refractivity contribution >= 4 is 0 Å². The van der Waals surface area contributed by atoms with Crippen LogP contribution in [0.25, 0.3) is 0 Å². The predicted molar refractivity (Wildman–Crippen MR) is 82.1 cm³/mol.